The van der Waals surface area contributed by atoms with Crippen molar-refractivity contribution in [2.75, 3.05) is 20.1 Å². The normalized spacial score (nSPS) is 12.4. The van der Waals surface area contributed by atoms with Crippen LogP contribution in [0.5, 0.6) is 0 Å². The molecule has 0 aliphatic carbocycles. The van der Waals surface area contributed by atoms with Gasteiger partial charge in [0, 0.05) is 53.7 Å². The van der Waals surface area contributed by atoms with Crippen LogP contribution in [0.2, 0.25) is 0 Å². The zero-order valence-electron chi connectivity index (χ0n) is 14.5. The van der Waals surface area contributed by atoms with Crippen molar-refractivity contribution in [2.24, 2.45) is 4.99 Å². The Labute approximate surface area is 179 Å². The van der Waals surface area contributed by atoms with E-state index in [1.807, 2.05) is 28.7 Å². The highest BCUT2D eigenvalue weighted by Gasteiger charge is 2.06. The van der Waals surface area contributed by atoms with Gasteiger partial charge >= 0.3 is 0 Å². The van der Waals surface area contributed by atoms with Gasteiger partial charge in [0.1, 0.15) is 0 Å². The van der Waals surface area contributed by atoms with E-state index >= 15 is 0 Å². The summed E-state index contributed by atoms with van der Waals surface area (Å²) in [4.78, 5) is 5.54. The molecule has 0 saturated carbocycles. The van der Waals surface area contributed by atoms with Crippen LogP contribution >= 0.6 is 51.7 Å². The minimum absolute atomic E-state index is 0. The van der Waals surface area contributed by atoms with Crippen molar-refractivity contribution < 1.29 is 0 Å². The van der Waals surface area contributed by atoms with E-state index in [0.29, 0.717) is 5.25 Å². The fraction of sp³-hybridized carbons (Fsp3) is 0.412. The Bertz CT molecular complexity index is 618. The lowest BCUT2D eigenvalue weighted by Crippen LogP contribution is -2.40. The average molecular weight is 538 g/mol. The molecule has 2 aromatic rings. The quantitative estimate of drug-likeness (QED) is 0.176. The van der Waals surface area contributed by atoms with Crippen LogP contribution in [0.4, 0.5) is 0 Å². The summed E-state index contributed by atoms with van der Waals surface area (Å²) >= 11 is 5.32. The number of nitrogens with zero attached hydrogens (tertiary/aromatic N) is 3. The molecule has 1 heterocycles. The maximum Gasteiger partial charge on any atom is 0.191 e. The van der Waals surface area contributed by atoms with E-state index in [1.165, 1.54) is 4.90 Å². The van der Waals surface area contributed by atoms with E-state index < -0.39 is 0 Å². The second-order valence-corrected chi connectivity index (χ2v) is 7.81. The Morgan fingerprint density at radius 2 is 2.08 bits per heavy atom. The van der Waals surface area contributed by atoms with Crippen molar-refractivity contribution in [1.29, 1.82) is 0 Å². The van der Waals surface area contributed by atoms with Crippen LogP contribution in [0.3, 0.4) is 0 Å². The van der Waals surface area contributed by atoms with Gasteiger partial charge in [-0.05, 0) is 36.8 Å². The van der Waals surface area contributed by atoms with Crippen molar-refractivity contribution in [2.45, 2.75) is 30.0 Å². The molecule has 8 heteroatoms. The van der Waals surface area contributed by atoms with Crippen molar-refractivity contribution in [3.63, 3.8) is 0 Å². The molecule has 1 unspecified atom stereocenters. The van der Waals surface area contributed by atoms with Crippen molar-refractivity contribution >= 4 is 57.6 Å². The Balaban J connectivity index is 0.00000312. The number of thioether (sulfide) groups is 1. The van der Waals surface area contributed by atoms with Gasteiger partial charge in [-0.2, -0.15) is 5.10 Å². The molecule has 0 aliphatic rings. The van der Waals surface area contributed by atoms with Crippen molar-refractivity contribution in [1.82, 2.24) is 20.4 Å². The van der Waals surface area contributed by atoms with E-state index in [2.05, 4.69) is 67.8 Å². The number of nitrogens with one attached hydrogen (secondary N) is 2. The molecule has 0 radical (unpaired) electrons. The maximum atomic E-state index is 4.27. The monoisotopic (exact) mass is 537 g/mol. The summed E-state index contributed by atoms with van der Waals surface area (Å²) in [5, 5.41) is 11.4. The summed E-state index contributed by atoms with van der Waals surface area (Å²) in [5.74, 6) is 0.846. The first kappa shape index (κ1) is 22.3. The predicted molar refractivity (Wildman–Crippen MR) is 121 cm³/mol. The molecule has 1 atom stereocenters. The number of aliphatic imine (C=N–C) groups is 1. The zero-order chi connectivity index (χ0) is 17.2. The number of hydrogen-bond donors (Lipinski definition) is 2. The second-order valence-electron chi connectivity index (χ2n) is 5.38. The molecular weight excluding hydrogens is 513 g/mol. The topological polar surface area (TPSA) is 54.2 Å². The van der Waals surface area contributed by atoms with Crippen LogP contribution < -0.4 is 10.6 Å². The van der Waals surface area contributed by atoms with E-state index in [4.69, 9.17) is 0 Å². The fourth-order valence-electron chi connectivity index (χ4n) is 2.13. The lowest BCUT2D eigenvalue weighted by atomic mass is 10.4. The molecule has 2 N–H and O–H groups in total. The molecule has 1 aromatic heterocycles. The van der Waals surface area contributed by atoms with Crippen molar-refractivity contribution in [3.05, 3.63) is 47.2 Å². The number of guanidine groups is 1. The Morgan fingerprint density at radius 1 is 1.32 bits per heavy atom. The predicted octanol–water partition coefficient (Wildman–Crippen LogP) is 4.00. The zero-order valence-corrected chi connectivity index (χ0v) is 19.2. The minimum Gasteiger partial charge on any atom is -0.356 e. The molecule has 25 heavy (non-hydrogen) atoms. The Kier molecular flexibility index (Phi) is 11.2. The number of aromatic nitrogens is 2. The molecule has 2 rings (SSSR count). The van der Waals surface area contributed by atoms with E-state index in [-0.39, 0.29) is 24.0 Å². The van der Waals surface area contributed by atoms with Gasteiger partial charge in [-0.25, -0.2) is 0 Å². The number of rotatable bonds is 8. The maximum absolute atomic E-state index is 4.27. The highest BCUT2D eigenvalue weighted by atomic mass is 127. The second kappa shape index (κ2) is 12.6. The molecule has 138 valence electrons. The Morgan fingerprint density at radius 3 is 2.72 bits per heavy atom. The van der Waals surface area contributed by atoms with Gasteiger partial charge in [-0.3, -0.25) is 9.67 Å². The van der Waals surface area contributed by atoms with Crippen LogP contribution in [0.15, 0.2) is 57.1 Å². The molecule has 0 bridgehead atoms. The number of hydrogen-bond acceptors (Lipinski definition) is 3. The van der Waals surface area contributed by atoms with Gasteiger partial charge in [0.25, 0.3) is 0 Å². The van der Waals surface area contributed by atoms with Crippen LogP contribution in [0, 0.1) is 0 Å². The lowest BCUT2D eigenvalue weighted by Gasteiger charge is -2.16. The van der Waals surface area contributed by atoms with Gasteiger partial charge in [0.15, 0.2) is 5.96 Å². The molecule has 0 aliphatic heterocycles. The van der Waals surface area contributed by atoms with Crippen molar-refractivity contribution in [3.8, 4) is 0 Å². The first-order chi connectivity index (χ1) is 11.7. The fourth-order valence-corrected chi connectivity index (χ4v) is 3.32. The average Bonchev–Trinajstić information content (AvgIpc) is 3.10. The van der Waals surface area contributed by atoms with Crippen LogP contribution in [-0.4, -0.2) is 41.1 Å². The highest BCUT2D eigenvalue weighted by Crippen LogP contribution is 2.24. The van der Waals surface area contributed by atoms with Gasteiger partial charge in [0.2, 0.25) is 0 Å². The molecule has 0 amide bonds. The van der Waals surface area contributed by atoms with E-state index in [1.54, 1.807) is 13.2 Å². The number of benzene rings is 1. The summed E-state index contributed by atoms with van der Waals surface area (Å²) < 4.78 is 3.05. The lowest BCUT2D eigenvalue weighted by molar-refractivity contribution is 0.570. The molecular formula is C17H25BrIN5S. The standard InChI is InChI=1S/C17H24BrN5S.HI/c1-14(24-16-7-5-15(18)6-8-16)13-21-17(19-2)20-9-3-11-23-12-4-10-22-23;/h4-8,10,12,14H,3,9,11,13H2,1-2H3,(H2,19,20,21);1H. The highest BCUT2D eigenvalue weighted by molar-refractivity contribution is 14.0. The SMILES string of the molecule is CN=C(NCCCn1cccn1)NCC(C)Sc1ccc(Br)cc1.I. The van der Waals surface area contributed by atoms with Gasteiger partial charge in [-0.1, -0.05) is 22.9 Å². The number of aryl methyl sites for hydroxylation is 1. The van der Waals surface area contributed by atoms with Gasteiger partial charge < -0.3 is 10.6 Å². The molecule has 0 spiro atoms. The van der Waals surface area contributed by atoms with Gasteiger partial charge in [0.05, 0.1) is 0 Å². The molecule has 5 nitrogen and oxygen atoms in total. The largest absolute Gasteiger partial charge is 0.356 e. The minimum atomic E-state index is 0. The first-order valence-corrected chi connectivity index (χ1v) is 9.69. The van der Waals surface area contributed by atoms with E-state index in [9.17, 15) is 0 Å². The summed E-state index contributed by atoms with van der Waals surface area (Å²) in [6.07, 6.45) is 4.79. The van der Waals surface area contributed by atoms with Gasteiger partial charge in [-0.15, -0.1) is 35.7 Å². The summed E-state index contributed by atoms with van der Waals surface area (Å²) in [6, 6.07) is 10.4. The van der Waals surface area contributed by atoms with Crippen LogP contribution in [0.1, 0.15) is 13.3 Å². The Hall–Kier alpha value is -0.740. The molecule has 0 fully saturated rings. The summed E-state index contributed by atoms with van der Waals surface area (Å²) in [6.45, 7) is 4.85. The van der Waals surface area contributed by atoms with Crippen LogP contribution in [0.25, 0.3) is 0 Å². The smallest absolute Gasteiger partial charge is 0.191 e. The molecule has 0 saturated heterocycles. The molecule has 1 aromatic carbocycles. The van der Waals surface area contributed by atoms with Crippen LogP contribution in [-0.2, 0) is 6.54 Å². The number of halogens is 2. The summed E-state index contributed by atoms with van der Waals surface area (Å²) in [5.41, 5.74) is 0. The first-order valence-electron chi connectivity index (χ1n) is 8.01. The summed E-state index contributed by atoms with van der Waals surface area (Å²) in [7, 11) is 1.80. The third-order valence-electron chi connectivity index (χ3n) is 3.35. The third kappa shape index (κ3) is 8.96. The van der Waals surface area contributed by atoms with E-state index in [0.717, 1.165) is 36.5 Å². The third-order valence-corrected chi connectivity index (χ3v) is 4.99.